The number of fused-ring (bicyclic) bond motifs is 2. The van der Waals surface area contributed by atoms with E-state index < -0.39 is 0 Å². The molecule has 1 heterocycles. The lowest BCUT2D eigenvalue weighted by Gasteiger charge is -2.23. The summed E-state index contributed by atoms with van der Waals surface area (Å²) in [5.41, 5.74) is 11.4. The highest BCUT2D eigenvalue weighted by Crippen LogP contribution is 2.39. The Morgan fingerprint density at radius 1 is 0.368 bits per heavy atom. The van der Waals surface area contributed by atoms with Crippen LogP contribution in [0, 0.1) is 0 Å². The van der Waals surface area contributed by atoms with Crippen LogP contribution in [0.4, 0.5) is 0 Å². The minimum Gasteiger partial charge on any atom is -0.492 e. The Kier molecular flexibility index (Phi) is 13.7. The van der Waals surface area contributed by atoms with E-state index in [4.69, 9.17) is 23.7 Å². The highest BCUT2D eigenvalue weighted by Gasteiger charge is 2.22. The van der Waals surface area contributed by atoms with E-state index in [2.05, 4.69) is 121 Å². The zero-order valence-corrected chi connectivity index (χ0v) is 34.1. The lowest BCUT2D eigenvalue weighted by Crippen LogP contribution is -2.11. The first kappa shape index (κ1) is 39.0. The van der Waals surface area contributed by atoms with Crippen LogP contribution in [-0.2, 0) is 43.6 Å². The molecule has 0 unspecified atom stereocenters. The number of hydrogen-bond donors (Lipinski definition) is 0. The monoisotopic (exact) mass is 794 g/mol. The van der Waals surface area contributed by atoms with Crippen molar-refractivity contribution in [3.8, 4) is 23.0 Å². The molecule has 0 aromatic heterocycles. The maximum Gasteiger partial charge on any atom is 0.126 e. The molecule has 5 nitrogen and oxygen atoms in total. The number of benzene rings is 6. The summed E-state index contributed by atoms with van der Waals surface area (Å²) in [6.07, 6.45) is 2.67. The predicted molar refractivity (Wildman–Crippen MR) is 235 cm³/mol. The summed E-state index contributed by atoms with van der Waals surface area (Å²) >= 11 is 3.75. The van der Waals surface area contributed by atoms with Gasteiger partial charge in [-0.3, -0.25) is 0 Å². The molecule has 8 rings (SSSR count). The summed E-state index contributed by atoms with van der Waals surface area (Å²) in [5, 5.41) is 0. The topological polar surface area (TPSA) is 46.2 Å². The van der Waals surface area contributed by atoms with Crippen molar-refractivity contribution in [1.82, 2.24) is 0 Å². The lowest BCUT2D eigenvalue weighted by molar-refractivity contribution is 0.167. The Morgan fingerprint density at radius 3 is 1.07 bits per heavy atom. The highest BCUT2D eigenvalue weighted by atomic mass is 32.2. The summed E-state index contributed by atoms with van der Waals surface area (Å²) in [6.45, 7) is 3.66. The third-order valence-electron chi connectivity index (χ3n) is 10.4. The molecule has 0 N–H and O–H groups in total. The predicted octanol–water partition coefficient (Wildman–Crippen LogP) is 10.8. The Bertz CT molecular complexity index is 1970. The molecule has 0 saturated heterocycles. The van der Waals surface area contributed by atoms with Crippen molar-refractivity contribution in [1.29, 1.82) is 0 Å². The molecule has 57 heavy (non-hydrogen) atoms. The minimum atomic E-state index is 0.482. The molecular weight excluding hydrogens is 745 g/mol. The molecule has 1 aliphatic carbocycles. The average molecular weight is 795 g/mol. The van der Waals surface area contributed by atoms with Crippen LogP contribution in [0.1, 0.15) is 55.6 Å². The molecule has 0 fully saturated rings. The van der Waals surface area contributed by atoms with Crippen molar-refractivity contribution in [2.24, 2.45) is 0 Å². The van der Waals surface area contributed by atoms with Crippen LogP contribution >= 0.6 is 23.5 Å². The molecule has 0 radical (unpaired) electrons. The van der Waals surface area contributed by atoms with Crippen molar-refractivity contribution in [2.45, 2.75) is 38.9 Å². The molecular formula is C50H50O5S2. The molecule has 6 aromatic carbocycles. The maximum absolute atomic E-state index is 6.86. The van der Waals surface area contributed by atoms with Gasteiger partial charge in [-0.1, -0.05) is 133 Å². The molecule has 2 aliphatic rings. The number of thioether (sulfide) groups is 2. The molecule has 0 amide bonds. The second-order valence-electron chi connectivity index (χ2n) is 14.4. The van der Waals surface area contributed by atoms with Crippen molar-refractivity contribution in [3.05, 3.63) is 189 Å². The maximum atomic E-state index is 6.86. The van der Waals surface area contributed by atoms with Gasteiger partial charge in [0.15, 0.2) is 0 Å². The van der Waals surface area contributed by atoms with E-state index in [1.807, 2.05) is 35.7 Å². The molecule has 7 heteroatoms. The van der Waals surface area contributed by atoms with Gasteiger partial charge in [0.2, 0.25) is 0 Å². The van der Waals surface area contributed by atoms with Gasteiger partial charge < -0.3 is 23.7 Å². The number of ether oxygens (including phenoxy) is 5. The molecule has 0 atom stereocenters. The van der Waals surface area contributed by atoms with Gasteiger partial charge in [-0.05, 0) is 55.6 Å². The third kappa shape index (κ3) is 10.4. The molecule has 292 valence electrons. The zero-order valence-electron chi connectivity index (χ0n) is 32.5. The van der Waals surface area contributed by atoms with E-state index in [-0.39, 0.29) is 0 Å². The van der Waals surface area contributed by atoms with E-state index >= 15 is 0 Å². The fourth-order valence-corrected chi connectivity index (χ4v) is 8.92. The van der Waals surface area contributed by atoms with Crippen LogP contribution in [-0.4, -0.2) is 49.4 Å². The summed E-state index contributed by atoms with van der Waals surface area (Å²) in [7, 11) is 0. The van der Waals surface area contributed by atoms with Gasteiger partial charge in [0.1, 0.15) is 36.2 Å². The smallest absolute Gasteiger partial charge is 0.126 e. The van der Waals surface area contributed by atoms with Crippen molar-refractivity contribution in [2.75, 3.05) is 49.4 Å². The standard InChI is InChI=1S/C50H50O5S2/c1-3-11-37(12-4-1)35-54-49-43-19-9-20-44(49)32-40-16-8-18-42-34-46-22-10-21-45(50(46)55-36-38-13-5-2-6-14-38)33-41-17-7-15-39(31-43)47(41)52-25-29-56-27-23-51-24-28-57-30-26-53-48(40)42/h1-22H,23-36H2. The summed E-state index contributed by atoms with van der Waals surface area (Å²) in [6, 6.07) is 47.3. The van der Waals surface area contributed by atoms with E-state index in [1.54, 1.807) is 0 Å². The SMILES string of the molecule is c1ccc(COc2c3cccc2Cc2cccc4c2OCCSCCOCCSCCOc2c(cccc2Cc2cccc(c2OCc2ccccc2)C4)C3)cc1. The van der Waals surface area contributed by atoms with Crippen molar-refractivity contribution < 1.29 is 23.7 Å². The second kappa shape index (κ2) is 20.0. The fourth-order valence-electron chi connectivity index (χ4n) is 7.63. The van der Waals surface area contributed by atoms with Gasteiger partial charge in [0.25, 0.3) is 0 Å². The minimum absolute atomic E-state index is 0.482. The van der Waals surface area contributed by atoms with Crippen LogP contribution in [0.25, 0.3) is 0 Å². The first-order valence-electron chi connectivity index (χ1n) is 20.0. The molecule has 0 saturated carbocycles. The Balaban J connectivity index is 1.28. The quantitative estimate of drug-likeness (QED) is 0.166. The number of para-hydroxylation sites is 4. The van der Waals surface area contributed by atoms with E-state index in [9.17, 15) is 0 Å². The Morgan fingerprint density at radius 2 is 0.702 bits per heavy atom. The van der Waals surface area contributed by atoms with Gasteiger partial charge in [0.05, 0.1) is 26.4 Å². The molecule has 0 spiro atoms. The van der Waals surface area contributed by atoms with Crippen LogP contribution in [0.3, 0.4) is 0 Å². The average Bonchev–Trinajstić information content (AvgIpc) is 3.23. The summed E-state index contributed by atoms with van der Waals surface area (Å²) in [4.78, 5) is 0. The number of rotatable bonds is 6. The van der Waals surface area contributed by atoms with Crippen LogP contribution in [0.15, 0.2) is 133 Å². The second-order valence-corrected chi connectivity index (χ2v) is 16.9. The van der Waals surface area contributed by atoms with E-state index in [0.717, 1.165) is 115 Å². The normalized spacial score (nSPS) is 15.1. The van der Waals surface area contributed by atoms with Crippen molar-refractivity contribution in [3.63, 3.8) is 0 Å². The first-order valence-corrected chi connectivity index (χ1v) is 22.3. The molecule has 1 aliphatic heterocycles. The van der Waals surface area contributed by atoms with Gasteiger partial charge in [-0.15, -0.1) is 0 Å². The van der Waals surface area contributed by atoms with Gasteiger partial charge >= 0.3 is 0 Å². The van der Waals surface area contributed by atoms with Crippen LogP contribution < -0.4 is 18.9 Å². The highest BCUT2D eigenvalue weighted by molar-refractivity contribution is 7.99. The Hall–Kier alpha value is -4.82. The Labute approximate surface area is 346 Å². The van der Waals surface area contributed by atoms with Gasteiger partial charge in [0, 0.05) is 48.7 Å². The zero-order chi connectivity index (χ0) is 38.5. The largest absolute Gasteiger partial charge is 0.492 e. The molecule has 10 bridgehead atoms. The van der Waals surface area contributed by atoms with Gasteiger partial charge in [-0.25, -0.2) is 0 Å². The van der Waals surface area contributed by atoms with Crippen molar-refractivity contribution >= 4 is 23.5 Å². The summed E-state index contributed by atoms with van der Waals surface area (Å²) in [5.74, 6) is 7.38. The fraction of sp³-hybridized carbons (Fsp3) is 0.280. The summed E-state index contributed by atoms with van der Waals surface area (Å²) < 4.78 is 33.4. The van der Waals surface area contributed by atoms with Crippen LogP contribution in [0.2, 0.25) is 0 Å². The van der Waals surface area contributed by atoms with E-state index in [0.29, 0.717) is 52.1 Å². The lowest BCUT2D eigenvalue weighted by atomic mass is 9.91. The number of hydrogen-bond acceptors (Lipinski definition) is 7. The first-order chi connectivity index (χ1) is 28.3. The van der Waals surface area contributed by atoms with Crippen LogP contribution in [0.5, 0.6) is 23.0 Å². The third-order valence-corrected chi connectivity index (χ3v) is 12.2. The van der Waals surface area contributed by atoms with E-state index in [1.165, 1.54) is 0 Å². The molecule has 6 aromatic rings. The van der Waals surface area contributed by atoms with Gasteiger partial charge in [-0.2, -0.15) is 23.5 Å².